The van der Waals surface area contributed by atoms with Gasteiger partial charge in [-0.2, -0.15) is 0 Å². The average molecular weight is 817 g/mol. The van der Waals surface area contributed by atoms with Crippen LogP contribution in [0.1, 0.15) is 244 Å². The molecule has 18 unspecified atom stereocenters. The molecule has 336 valence electrons. The summed E-state index contributed by atoms with van der Waals surface area (Å²) in [4.78, 5) is 0. The lowest BCUT2D eigenvalue weighted by Gasteiger charge is -2.63. The number of hydrogen-bond donors (Lipinski definition) is 0. The largest absolute Gasteiger partial charge is 0.0670 e. The van der Waals surface area contributed by atoms with Crippen molar-refractivity contribution in [2.24, 2.45) is 118 Å². The summed E-state index contributed by atoms with van der Waals surface area (Å²) in [6, 6.07) is 0. The van der Waals surface area contributed by atoms with Crippen molar-refractivity contribution in [1.82, 2.24) is 0 Å². The van der Waals surface area contributed by atoms with Crippen LogP contribution in [0.15, 0.2) is 11.1 Å². The fraction of sp³-hybridized carbons (Fsp3) is 0.967. The smallest absolute Gasteiger partial charge is 0.0166 e. The zero-order valence-electron chi connectivity index (χ0n) is 39.4. The van der Waals surface area contributed by atoms with Crippen LogP contribution in [0.4, 0.5) is 0 Å². The van der Waals surface area contributed by atoms with Crippen molar-refractivity contribution in [3.63, 3.8) is 0 Å². The number of rotatable bonds is 5. The Labute approximate surface area is 372 Å². The van der Waals surface area contributed by atoms with E-state index in [9.17, 15) is 0 Å². The predicted octanol–water partition coefficient (Wildman–Crippen LogP) is 17.6. The maximum absolute atomic E-state index is 2.21. The first-order valence-corrected chi connectivity index (χ1v) is 29.5. The molecule has 12 aliphatic carbocycles. The molecule has 0 aromatic carbocycles. The summed E-state index contributed by atoms with van der Waals surface area (Å²) < 4.78 is 0. The molecule has 11 fully saturated rings. The Morgan fingerprint density at radius 2 is 0.700 bits per heavy atom. The van der Waals surface area contributed by atoms with Gasteiger partial charge in [-0.15, -0.1) is 0 Å². The lowest BCUT2D eigenvalue weighted by atomic mass is 9.42. The molecule has 0 heterocycles. The Bertz CT molecular complexity index is 1450. The molecule has 12 aliphatic rings. The van der Waals surface area contributed by atoms with Crippen LogP contribution in [0.5, 0.6) is 0 Å². The zero-order valence-corrected chi connectivity index (χ0v) is 39.4. The minimum absolute atomic E-state index is 0.992. The van der Waals surface area contributed by atoms with E-state index in [-0.39, 0.29) is 0 Å². The highest BCUT2D eigenvalue weighted by atomic mass is 14.6. The van der Waals surface area contributed by atoms with Crippen molar-refractivity contribution in [2.45, 2.75) is 244 Å². The summed E-state index contributed by atoms with van der Waals surface area (Å²) in [5.41, 5.74) is 4.38. The summed E-state index contributed by atoms with van der Waals surface area (Å²) >= 11 is 0. The van der Waals surface area contributed by atoms with Crippen LogP contribution in [-0.2, 0) is 0 Å². The van der Waals surface area contributed by atoms with Crippen LogP contribution in [0.25, 0.3) is 0 Å². The van der Waals surface area contributed by atoms with Gasteiger partial charge in [-0.3, -0.25) is 0 Å². The Kier molecular flexibility index (Phi) is 12.5. The molecular weight excluding hydrogens is 721 g/mol. The minimum Gasteiger partial charge on any atom is -0.0670 e. The van der Waals surface area contributed by atoms with Gasteiger partial charge in [0.25, 0.3) is 0 Å². The van der Waals surface area contributed by atoms with Crippen molar-refractivity contribution in [1.29, 1.82) is 0 Å². The average Bonchev–Trinajstić information content (AvgIpc) is 3.32. The number of allylic oxidation sites excluding steroid dienone is 2. The summed E-state index contributed by atoms with van der Waals surface area (Å²) in [5, 5.41) is 0. The second kappa shape index (κ2) is 18.2. The molecule has 0 radical (unpaired) electrons. The second-order valence-corrected chi connectivity index (χ2v) is 26.3. The third-order valence-corrected chi connectivity index (χ3v) is 24.3. The van der Waals surface area contributed by atoms with Crippen LogP contribution in [0, 0.1) is 118 Å². The molecule has 0 amide bonds. The molecule has 18 atom stereocenters. The van der Waals surface area contributed by atoms with Crippen molar-refractivity contribution >= 4 is 0 Å². The third kappa shape index (κ3) is 7.47. The molecule has 0 aliphatic heterocycles. The van der Waals surface area contributed by atoms with Crippen molar-refractivity contribution in [3.05, 3.63) is 11.1 Å². The van der Waals surface area contributed by atoms with Crippen LogP contribution in [0.3, 0.4) is 0 Å². The van der Waals surface area contributed by atoms with E-state index in [1.807, 2.05) is 0 Å². The standard InChI is InChI=1S/C60H96/c1-3-19-41(20-4-1)57-49-27-11-13-29-51(49)59(47-31-15-23-39-17-7-9-25-45(39)47)55-37-43(33-35-53(55)57)44-34-36-54-56(38-44)60(48-32-16-24-40-18-8-10-26-46(40)48)52-30-14-12-28-50(52)58(54)42-21-5-2-6-22-42/h39-49,51-57,59-60H,1-38H2. The molecule has 0 aromatic heterocycles. The predicted molar refractivity (Wildman–Crippen MR) is 252 cm³/mol. The summed E-state index contributed by atoms with van der Waals surface area (Å²) in [6.45, 7) is 0. The van der Waals surface area contributed by atoms with E-state index in [2.05, 4.69) is 11.1 Å². The van der Waals surface area contributed by atoms with Crippen molar-refractivity contribution < 1.29 is 0 Å². The Morgan fingerprint density at radius 3 is 1.40 bits per heavy atom. The maximum Gasteiger partial charge on any atom is -0.0166 e. The second-order valence-electron chi connectivity index (χ2n) is 26.3. The van der Waals surface area contributed by atoms with Gasteiger partial charge in [0.15, 0.2) is 0 Å². The molecule has 0 N–H and O–H groups in total. The van der Waals surface area contributed by atoms with Crippen molar-refractivity contribution in [2.75, 3.05) is 0 Å². The molecule has 0 nitrogen and oxygen atoms in total. The van der Waals surface area contributed by atoms with Gasteiger partial charge in [0.05, 0.1) is 0 Å². The molecule has 0 spiro atoms. The summed E-state index contributed by atoms with van der Waals surface area (Å²) in [6.07, 6.45) is 60.8. The minimum atomic E-state index is 0.992. The van der Waals surface area contributed by atoms with Crippen LogP contribution in [-0.4, -0.2) is 0 Å². The Morgan fingerprint density at radius 1 is 0.233 bits per heavy atom. The van der Waals surface area contributed by atoms with Gasteiger partial charge in [-0.25, -0.2) is 0 Å². The van der Waals surface area contributed by atoms with E-state index >= 15 is 0 Å². The van der Waals surface area contributed by atoms with Crippen LogP contribution >= 0.6 is 0 Å². The van der Waals surface area contributed by atoms with Crippen LogP contribution < -0.4 is 0 Å². The van der Waals surface area contributed by atoms with E-state index in [4.69, 9.17) is 0 Å². The van der Waals surface area contributed by atoms with Gasteiger partial charge in [-0.05, 0) is 228 Å². The monoisotopic (exact) mass is 817 g/mol. The number of fused-ring (bicyclic) bond motifs is 6. The summed E-state index contributed by atoms with van der Waals surface area (Å²) in [7, 11) is 0. The SMILES string of the molecule is C1CCC(C2=C3CCCCC3C(C3CCCC4CCCCC43)C3CC(C4CCC5C(C4)C(C4CCCC6CCCCC64)C4CCCCC4C5C4CCCCC4)CCC23)CC1. The highest BCUT2D eigenvalue weighted by Gasteiger charge is 2.59. The van der Waals surface area contributed by atoms with Gasteiger partial charge < -0.3 is 0 Å². The van der Waals surface area contributed by atoms with Crippen molar-refractivity contribution in [3.8, 4) is 0 Å². The first kappa shape index (κ1) is 41.2. The first-order chi connectivity index (χ1) is 29.8. The lowest BCUT2D eigenvalue weighted by Crippen LogP contribution is -2.56. The van der Waals surface area contributed by atoms with E-state index in [1.54, 1.807) is 225 Å². The normalized spacial score (nSPS) is 50.6. The molecule has 11 saturated carbocycles. The third-order valence-electron chi connectivity index (χ3n) is 24.3. The van der Waals surface area contributed by atoms with E-state index < -0.39 is 0 Å². The molecule has 60 heavy (non-hydrogen) atoms. The highest BCUT2D eigenvalue weighted by Crippen LogP contribution is 2.67. The summed E-state index contributed by atoms with van der Waals surface area (Å²) in [5.74, 6) is 21.8. The van der Waals surface area contributed by atoms with Gasteiger partial charge >= 0.3 is 0 Å². The molecule has 0 bridgehead atoms. The van der Waals surface area contributed by atoms with Gasteiger partial charge in [0.1, 0.15) is 0 Å². The molecule has 0 saturated heterocycles. The molecule has 0 heteroatoms. The maximum atomic E-state index is 2.21. The molecule has 0 aromatic rings. The topological polar surface area (TPSA) is 0 Å². The van der Waals surface area contributed by atoms with Crippen LogP contribution in [0.2, 0.25) is 0 Å². The fourth-order valence-electron chi connectivity index (χ4n) is 22.6. The first-order valence-electron chi connectivity index (χ1n) is 29.5. The molecular formula is C60H96. The highest BCUT2D eigenvalue weighted by molar-refractivity contribution is 5.31. The quantitative estimate of drug-likeness (QED) is 0.243. The Balaban J connectivity index is 0.881. The van der Waals surface area contributed by atoms with E-state index in [0.29, 0.717) is 0 Å². The van der Waals surface area contributed by atoms with Gasteiger partial charge in [0, 0.05) is 0 Å². The van der Waals surface area contributed by atoms with E-state index in [0.717, 1.165) is 118 Å². The van der Waals surface area contributed by atoms with E-state index in [1.165, 1.54) is 19.3 Å². The lowest BCUT2D eigenvalue weighted by molar-refractivity contribution is -0.139. The number of hydrogen-bond acceptors (Lipinski definition) is 0. The fourth-order valence-corrected chi connectivity index (χ4v) is 22.6. The molecule has 12 rings (SSSR count). The zero-order chi connectivity index (χ0) is 39.6. The van der Waals surface area contributed by atoms with Gasteiger partial charge in [-0.1, -0.05) is 146 Å². The van der Waals surface area contributed by atoms with Gasteiger partial charge in [0.2, 0.25) is 0 Å². The Hall–Kier alpha value is -0.260.